The zero-order valence-electron chi connectivity index (χ0n) is 11.8. The van der Waals surface area contributed by atoms with Crippen molar-refractivity contribution >= 4 is 0 Å². The SMILES string of the molecule is CC(Cn1ccnc1)NCc1nnc(-c2ccccc2)o1. The Morgan fingerprint density at radius 1 is 1.24 bits per heavy atom. The van der Waals surface area contributed by atoms with E-state index in [2.05, 4.69) is 27.4 Å². The lowest BCUT2D eigenvalue weighted by Gasteiger charge is -2.12. The van der Waals surface area contributed by atoms with E-state index in [-0.39, 0.29) is 6.04 Å². The summed E-state index contributed by atoms with van der Waals surface area (Å²) in [6.07, 6.45) is 5.52. The number of imidazole rings is 1. The van der Waals surface area contributed by atoms with Gasteiger partial charge in [-0.1, -0.05) is 18.2 Å². The molecule has 0 aliphatic rings. The fraction of sp³-hybridized carbons (Fsp3) is 0.267. The molecule has 21 heavy (non-hydrogen) atoms. The molecule has 0 saturated carbocycles. The van der Waals surface area contributed by atoms with Gasteiger partial charge in [0.05, 0.1) is 12.9 Å². The molecule has 1 unspecified atom stereocenters. The topological polar surface area (TPSA) is 68.8 Å². The first-order valence-electron chi connectivity index (χ1n) is 6.88. The minimum atomic E-state index is 0.284. The minimum Gasteiger partial charge on any atom is -0.419 e. The monoisotopic (exact) mass is 283 g/mol. The quantitative estimate of drug-likeness (QED) is 0.750. The van der Waals surface area contributed by atoms with Crippen molar-refractivity contribution in [3.63, 3.8) is 0 Å². The van der Waals surface area contributed by atoms with Crippen LogP contribution >= 0.6 is 0 Å². The lowest BCUT2D eigenvalue weighted by molar-refractivity contribution is 0.422. The second-order valence-corrected chi connectivity index (χ2v) is 4.91. The van der Waals surface area contributed by atoms with E-state index in [1.807, 2.05) is 41.1 Å². The molecule has 3 rings (SSSR count). The maximum Gasteiger partial charge on any atom is 0.247 e. The predicted octanol–water partition coefficient (Wildman–Crippen LogP) is 2.11. The van der Waals surface area contributed by atoms with Crippen LogP contribution in [0.3, 0.4) is 0 Å². The van der Waals surface area contributed by atoms with Crippen LogP contribution in [-0.2, 0) is 13.1 Å². The van der Waals surface area contributed by atoms with Gasteiger partial charge in [0.25, 0.3) is 0 Å². The van der Waals surface area contributed by atoms with Crippen LogP contribution in [0.25, 0.3) is 11.5 Å². The van der Waals surface area contributed by atoms with Crippen LogP contribution in [0.15, 0.2) is 53.5 Å². The van der Waals surface area contributed by atoms with Crippen LogP contribution in [0.5, 0.6) is 0 Å². The first-order chi connectivity index (χ1) is 10.3. The summed E-state index contributed by atoms with van der Waals surface area (Å²) in [5.74, 6) is 1.14. The van der Waals surface area contributed by atoms with E-state index in [9.17, 15) is 0 Å². The molecule has 0 radical (unpaired) electrons. The Hall–Kier alpha value is -2.47. The summed E-state index contributed by atoms with van der Waals surface area (Å²) in [4.78, 5) is 4.02. The highest BCUT2D eigenvalue weighted by Gasteiger charge is 2.09. The average molecular weight is 283 g/mol. The van der Waals surface area contributed by atoms with Crippen LogP contribution in [-0.4, -0.2) is 25.8 Å². The van der Waals surface area contributed by atoms with E-state index in [0.29, 0.717) is 18.3 Å². The van der Waals surface area contributed by atoms with Gasteiger partial charge in [-0.25, -0.2) is 4.98 Å². The molecule has 0 fully saturated rings. The lowest BCUT2D eigenvalue weighted by atomic mass is 10.2. The van der Waals surface area contributed by atoms with Crippen LogP contribution in [0.4, 0.5) is 0 Å². The average Bonchev–Trinajstić information content (AvgIpc) is 3.17. The van der Waals surface area contributed by atoms with Gasteiger partial charge < -0.3 is 14.3 Å². The van der Waals surface area contributed by atoms with Crippen LogP contribution in [0, 0.1) is 0 Å². The molecule has 0 amide bonds. The molecule has 0 aliphatic heterocycles. The number of hydrogen-bond donors (Lipinski definition) is 1. The Kier molecular flexibility index (Phi) is 4.07. The van der Waals surface area contributed by atoms with Gasteiger partial charge in [-0.05, 0) is 19.1 Å². The van der Waals surface area contributed by atoms with Crippen molar-refractivity contribution in [1.29, 1.82) is 0 Å². The molecule has 1 atom stereocenters. The van der Waals surface area contributed by atoms with Gasteiger partial charge in [0.1, 0.15) is 0 Å². The van der Waals surface area contributed by atoms with Gasteiger partial charge in [-0.2, -0.15) is 0 Å². The van der Waals surface area contributed by atoms with E-state index in [4.69, 9.17) is 4.42 Å². The molecule has 1 N–H and O–H groups in total. The fourth-order valence-corrected chi connectivity index (χ4v) is 2.06. The van der Waals surface area contributed by atoms with E-state index in [1.54, 1.807) is 12.5 Å². The minimum absolute atomic E-state index is 0.284. The van der Waals surface area contributed by atoms with E-state index < -0.39 is 0 Å². The van der Waals surface area contributed by atoms with Crippen molar-refractivity contribution in [3.8, 4) is 11.5 Å². The van der Waals surface area contributed by atoms with Crippen molar-refractivity contribution in [2.45, 2.75) is 26.1 Å². The standard InChI is InChI=1S/C15H17N5O/c1-12(10-20-8-7-16-11-20)17-9-14-18-19-15(21-14)13-5-3-2-4-6-13/h2-8,11-12,17H,9-10H2,1H3. The predicted molar refractivity (Wildman–Crippen MR) is 78.3 cm³/mol. The highest BCUT2D eigenvalue weighted by Crippen LogP contribution is 2.16. The second kappa shape index (κ2) is 6.32. The van der Waals surface area contributed by atoms with Crippen LogP contribution < -0.4 is 5.32 Å². The van der Waals surface area contributed by atoms with Gasteiger partial charge in [-0.3, -0.25) is 0 Å². The number of benzene rings is 1. The number of rotatable bonds is 6. The molecule has 6 nitrogen and oxygen atoms in total. The summed E-state index contributed by atoms with van der Waals surface area (Å²) in [5, 5.41) is 11.5. The molecular formula is C15H17N5O. The first kappa shape index (κ1) is 13.5. The lowest BCUT2D eigenvalue weighted by Crippen LogP contribution is -2.29. The third kappa shape index (κ3) is 3.55. The molecule has 6 heteroatoms. The zero-order valence-corrected chi connectivity index (χ0v) is 11.8. The summed E-state index contributed by atoms with van der Waals surface area (Å²) in [6.45, 7) is 3.50. The van der Waals surface area contributed by atoms with Crippen molar-refractivity contribution in [3.05, 3.63) is 54.9 Å². The van der Waals surface area contributed by atoms with Crippen LogP contribution in [0.1, 0.15) is 12.8 Å². The summed E-state index contributed by atoms with van der Waals surface area (Å²) in [7, 11) is 0. The second-order valence-electron chi connectivity index (χ2n) is 4.91. The Bertz CT molecular complexity index is 662. The molecule has 2 heterocycles. The van der Waals surface area contributed by atoms with Gasteiger partial charge in [0.2, 0.25) is 11.8 Å². The highest BCUT2D eigenvalue weighted by molar-refractivity contribution is 5.51. The summed E-state index contributed by atoms with van der Waals surface area (Å²) >= 11 is 0. The van der Waals surface area contributed by atoms with E-state index >= 15 is 0 Å². The number of aromatic nitrogens is 4. The molecule has 0 bridgehead atoms. The summed E-state index contributed by atoms with van der Waals surface area (Å²) in [5.41, 5.74) is 0.933. The smallest absolute Gasteiger partial charge is 0.247 e. The van der Waals surface area contributed by atoms with E-state index in [0.717, 1.165) is 12.1 Å². The van der Waals surface area contributed by atoms with Crippen molar-refractivity contribution < 1.29 is 4.42 Å². The Morgan fingerprint density at radius 3 is 2.86 bits per heavy atom. The molecule has 0 saturated heterocycles. The number of nitrogens with zero attached hydrogens (tertiary/aromatic N) is 4. The Labute approximate surface area is 122 Å². The molecule has 2 aromatic heterocycles. The Morgan fingerprint density at radius 2 is 2.10 bits per heavy atom. The molecule has 0 spiro atoms. The van der Waals surface area contributed by atoms with E-state index in [1.165, 1.54) is 0 Å². The van der Waals surface area contributed by atoms with Gasteiger partial charge in [0, 0.05) is 30.5 Å². The van der Waals surface area contributed by atoms with Crippen molar-refractivity contribution in [2.75, 3.05) is 0 Å². The van der Waals surface area contributed by atoms with Gasteiger partial charge in [-0.15, -0.1) is 10.2 Å². The maximum atomic E-state index is 5.65. The van der Waals surface area contributed by atoms with Gasteiger partial charge in [0.15, 0.2) is 0 Å². The zero-order chi connectivity index (χ0) is 14.5. The number of hydrogen-bond acceptors (Lipinski definition) is 5. The van der Waals surface area contributed by atoms with Crippen LogP contribution in [0.2, 0.25) is 0 Å². The summed E-state index contributed by atoms with van der Waals surface area (Å²) in [6, 6.07) is 10.0. The Balaban J connectivity index is 1.55. The van der Waals surface area contributed by atoms with Crippen molar-refractivity contribution in [2.24, 2.45) is 0 Å². The maximum absolute atomic E-state index is 5.65. The third-order valence-corrected chi connectivity index (χ3v) is 3.13. The normalized spacial score (nSPS) is 12.4. The highest BCUT2D eigenvalue weighted by atomic mass is 16.4. The van der Waals surface area contributed by atoms with Crippen molar-refractivity contribution in [1.82, 2.24) is 25.1 Å². The molecule has 1 aromatic carbocycles. The third-order valence-electron chi connectivity index (χ3n) is 3.13. The summed E-state index contributed by atoms with van der Waals surface area (Å²) < 4.78 is 7.68. The molecular weight excluding hydrogens is 266 g/mol. The molecule has 108 valence electrons. The first-order valence-corrected chi connectivity index (χ1v) is 6.88. The fourth-order valence-electron chi connectivity index (χ4n) is 2.06. The molecule has 0 aliphatic carbocycles. The number of nitrogens with one attached hydrogen (secondary N) is 1. The van der Waals surface area contributed by atoms with Gasteiger partial charge >= 0.3 is 0 Å². The molecule has 3 aromatic rings. The largest absolute Gasteiger partial charge is 0.419 e.